The Morgan fingerprint density at radius 3 is 1.78 bits per heavy atom. The second-order valence-corrected chi connectivity index (χ2v) is 3.21. The van der Waals surface area contributed by atoms with Crippen molar-refractivity contribution in [2.75, 3.05) is 0 Å². The molecule has 0 aliphatic carbocycles. The third-order valence-corrected chi connectivity index (χ3v) is 1.63. The lowest BCUT2D eigenvalue weighted by atomic mass is 13.9. The Balaban J connectivity index is 4.85. The van der Waals surface area contributed by atoms with Crippen LogP contribution in [-0.2, 0) is 10.4 Å². The van der Waals surface area contributed by atoms with Crippen molar-refractivity contribution in [3.05, 3.63) is 0 Å². The molecule has 0 saturated carbocycles. The maximum absolute atomic E-state index is 11.2. The average Bonchev–Trinajstić information content (AvgIpc) is 1.14. The van der Waals surface area contributed by atoms with E-state index in [1.807, 2.05) is 0 Å². The van der Waals surface area contributed by atoms with E-state index in [0.717, 1.165) is 0 Å². The van der Waals surface area contributed by atoms with Gasteiger partial charge in [-0.3, -0.25) is 4.55 Å². The Hall–Kier alpha value is -0.240. The van der Waals surface area contributed by atoms with Crippen molar-refractivity contribution in [2.24, 2.45) is 3.77 Å². The fourth-order valence-electron chi connectivity index (χ4n) is 0.111. The van der Waals surface area contributed by atoms with Gasteiger partial charge >= 0.3 is 21.0 Å². The highest BCUT2D eigenvalue weighted by molar-refractivity contribution is 8.15. The van der Waals surface area contributed by atoms with Crippen LogP contribution < -0.4 is 0 Å². The van der Waals surface area contributed by atoms with Crippen LogP contribution in [0.1, 0.15) is 0 Å². The summed E-state index contributed by atoms with van der Waals surface area (Å²) < 4.78 is 58.8. The molecule has 4 nitrogen and oxygen atoms in total. The Morgan fingerprint density at radius 2 is 1.78 bits per heavy atom. The van der Waals surface area contributed by atoms with Crippen molar-refractivity contribution in [1.29, 1.82) is 4.61 Å². The van der Waals surface area contributed by atoms with Crippen molar-refractivity contribution in [3.8, 4) is 0 Å². The first kappa shape index (κ1) is 8.76. The first-order valence-corrected chi connectivity index (χ1v) is 4.08. The molecule has 0 fully saturated rings. The van der Waals surface area contributed by atoms with Gasteiger partial charge in [-0.25, -0.2) is 0 Å². The van der Waals surface area contributed by atoms with Gasteiger partial charge in [-0.1, -0.05) is 11.7 Å². The summed E-state index contributed by atoms with van der Waals surface area (Å²) >= 11 is 0. The van der Waals surface area contributed by atoms with Crippen LogP contribution in [0.15, 0.2) is 3.77 Å². The van der Waals surface area contributed by atoms with Crippen LogP contribution in [-0.4, -0.2) is 8.76 Å². The second-order valence-electron chi connectivity index (χ2n) is 0.922. The number of hydrogen-bond donors (Lipinski definition) is 1. The molecule has 0 aromatic carbocycles. The molecular formula is HF3N2O2S2. The first-order valence-electron chi connectivity index (χ1n) is 1.36. The van der Waals surface area contributed by atoms with Gasteiger partial charge in [0.05, 0.1) is 0 Å². The third kappa shape index (κ3) is 7.76. The molecular weight excluding hydrogens is 181 g/mol. The smallest absolute Gasteiger partial charge is 0.275 e. The van der Waals surface area contributed by atoms with E-state index in [2.05, 4.69) is 0 Å². The molecule has 1 unspecified atom stereocenters. The van der Waals surface area contributed by atoms with Gasteiger partial charge in [-0.2, -0.15) is 4.21 Å². The van der Waals surface area contributed by atoms with Crippen LogP contribution in [0, 0.1) is 4.61 Å². The van der Waals surface area contributed by atoms with Gasteiger partial charge in [0, 0.05) is 0 Å². The minimum atomic E-state index is -5.56. The molecule has 0 amide bonds. The third-order valence-electron chi connectivity index (χ3n) is 0.182. The van der Waals surface area contributed by atoms with Gasteiger partial charge in [0.15, 0.2) is 0 Å². The zero-order valence-electron chi connectivity index (χ0n) is 3.70. The first-order chi connectivity index (χ1) is 3.71. The quantitative estimate of drug-likeness (QED) is 0.580. The van der Waals surface area contributed by atoms with Gasteiger partial charge in [0.1, 0.15) is 0 Å². The average molecular weight is 182 g/mol. The van der Waals surface area contributed by atoms with Crippen LogP contribution in [0.25, 0.3) is 0 Å². The zero-order chi connectivity index (χ0) is 7.71. The summed E-state index contributed by atoms with van der Waals surface area (Å²) in [7, 11) is -10.9. The van der Waals surface area contributed by atoms with E-state index in [-0.39, 0.29) is 0 Å². The molecule has 0 spiro atoms. The highest BCUT2D eigenvalue weighted by Crippen LogP contribution is 2.37. The molecule has 1 atom stereocenters. The molecule has 0 aliphatic heterocycles. The number of halogens is 3. The van der Waals surface area contributed by atoms with Crippen LogP contribution in [0.4, 0.5) is 11.7 Å². The fraction of sp³-hybridized carbons (Fsp3) is 0. The minimum absolute atomic E-state index is 1.26. The minimum Gasteiger partial charge on any atom is -0.275 e. The Labute approximate surface area is 50.6 Å². The molecule has 9 heteroatoms. The maximum Gasteiger partial charge on any atom is 0.357 e. The predicted molar refractivity (Wildman–Crippen MR) is 25.8 cm³/mol. The summed E-state index contributed by atoms with van der Waals surface area (Å²) in [6, 6.07) is 0. The SMILES string of the molecule is N#S(F)(F)N=S(=O)(O)F. The van der Waals surface area contributed by atoms with Crippen molar-refractivity contribution in [2.45, 2.75) is 0 Å². The Morgan fingerprint density at radius 1 is 1.44 bits per heavy atom. The van der Waals surface area contributed by atoms with Crippen molar-refractivity contribution < 1.29 is 20.4 Å². The zero-order valence-corrected chi connectivity index (χ0v) is 5.33. The molecule has 0 bridgehead atoms. The summed E-state index contributed by atoms with van der Waals surface area (Å²) in [5, 5.41) is 0. The highest BCUT2D eigenvalue weighted by atomic mass is 32.3. The summed E-state index contributed by atoms with van der Waals surface area (Å²) in [5.41, 5.74) is 0. The lowest BCUT2D eigenvalue weighted by molar-refractivity contribution is 0.504. The van der Waals surface area contributed by atoms with E-state index in [1.165, 1.54) is 3.77 Å². The normalized spacial score (nSPS) is 18.6. The molecule has 1 N–H and O–H groups in total. The van der Waals surface area contributed by atoms with Gasteiger partial charge < -0.3 is 0 Å². The largest absolute Gasteiger partial charge is 0.357 e. The lowest BCUT2D eigenvalue weighted by Gasteiger charge is -1.86. The Bertz CT molecular complexity index is 285. The molecule has 0 heterocycles. The second kappa shape index (κ2) is 2.18. The molecule has 0 radical (unpaired) electrons. The van der Waals surface area contributed by atoms with Crippen molar-refractivity contribution in [3.63, 3.8) is 0 Å². The van der Waals surface area contributed by atoms with Crippen LogP contribution in [0.3, 0.4) is 0 Å². The molecule has 56 valence electrons. The van der Waals surface area contributed by atoms with E-state index in [4.69, 9.17) is 9.16 Å². The predicted octanol–water partition coefficient (Wildman–Crippen LogP) is 1.78. The van der Waals surface area contributed by atoms with Crippen LogP contribution in [0.2, 0.25) is 0 Å². The Kier molecular flexibility index (Phi) is 2.12. The van der Waals surface area contributed by atoms with E-state index in [9.17, 15) is 15.9 Å². The molecule has 0 aromatic heterocycles. The maximum atomic E-state index is 11.2. The number of rotatable bonds is 0. The van der Waals surface area contributed by atoms with E-state index in [0.29, 0.717) is 0 Å². The van der Waals surface area contributed by atoms with Crippen LogP contribution in [0.5, 0.6) is 0 Å². The van der Waals surface area contributed by atoms with E-state index >= 15 is 0 Å². The van der Waals surface area contributed by atoms with Crippen LogP contribution >= 0.6 is 10.6 Å². The summed E-state index contributed by atoms with van der Waals surface area (Å²) in [6.07, 6.45) is 0. The monoisotopic (exact) mass is 182 g/mol. The summed E-state index contributed by atoms with van der Waals surface area (Å²) in [6.45, 7) is 0. The highest BCUT2D eigenvalue weighted by Gasteiger charge is 2.12. The molecule has 0 aromatic rings. The number of hydrogen-bond acceptors (Lipinski definition) is 3. The van der Waals surface area contributed by atoms with Crippen molar-refractivity contribution >= 4 is 21.0 Å². The van der Waals surface area contributed by atoms with Crippen molar-refractivity contribution in [1.82, 2.24) is 0 Å². The van der Waals surface area contributed by atoms with E-state index in [1.54, 1.807) is 0 Å². The summed E-state index contributed by atoms with van der Waals surface area (Å²) in [4.78, 5) is 0. The number of nitrogens with zero attached hydrogens (tertiary/aromatic N) is 2. The fourth-order valence-corrected chi connectivity index (χ4v) is 0.995. The van der Waals surface area contributed by atoms with Gasteiger partial charge in [-0.15, -0.1) is 4.61 Å². The van der Waals surface area contributed by atoms with Gasteiger partial charge in [0.25, 0.3) is 0 Å². The van der Waals surface area contributed by atoms with E-state index < -0.39 is 21.0 Å². The molecule has 9 heavy (non-hydrogen) atoms. The molecule has 0 saturated heterocycles. The molecule has 0 rings (SSSR count). The lowest BCUT2D eigenvalue weighted by Crippen LogP contribution is -1.82. The van der Waals surface area contributed by atoms with Gasteiger partial charge in [0.2, 0.25) is 0 Å². The molecule has 0 aliphatic rings. The topological polar surface area (TPSA) is 73.5 Å². The standard InChI is InChI=1S/F3HN2O2S2/c1-8(2,4)5-9(3,6)7/h(H,5,6,7). The van der Waals surface area contributed by atoms with Gasteiger partial charge in [-0.05, 0) is 3.77 Å². The summed E-state index contributed by atoms with van der Waals surface area (Å²) in [5.74, 6) is 0.